The number of ether oxygens (including phenoxy) is 1. The van der Waals surface area contributed by atoms with Crippen molar-refractivity contribution in [1.29, 1.82) is 0 Å². The zero-order valence-corrected chi connectivity index (χ0v) is 14.2. The molecule has 0 bridgehead atoms. The third-order valence-electron chi connectivity index (χ3n) is 3.92. The molecule has 1 aliphatic rings. The SMILES string of the molecule is Cl.O=C(CCC1CCNC1)NCCCCOc1ccc(F)cc1. The van der Waals surface area contributed by atoms with Crippen LogP contribution >= 0.6 is 12.4 Å². The van der Waals surface area contributed by atoms with Gasteiger partial charge >= 0.3 is 0 Å². The molecule has 1 unspecified atom stereocenters. The van der Waals surface area contributed by atoms with Crippen molar-refractivity contribution in [3.63, 3.8) is 0 Å². The summed E-state index contributed by atoms with van der Waals surface area (Å²) in [6.07, 6.45) is 4.54. The van der Waals surface area contributed by atoms with Gasteiger partial charge in [0.1, 0.15) is 11.6 Å². The number of carbonyl (C=O) groups excluding carboxylic acids is 1. The molecule has 0 radical (unpaired) electrons. The first-order valence-corrected chi connectivity index (χ1v) is 8.10. The fourth-order valence-electron chi connectivity index (χ4n) is 2.56. The summed E-state index contributed by atoms with van der Waals surface area (Å²) in [4.78, 5) is 11.7. The van der Waals surface area contributed by atoms with E-state index in [4.69, 9.17) is 4.74 Å². The fourth-order valence-corrected chi connectivity index (χ4v) is 2.56. The lowest BCUT2D eigenvalue weighted by atomic mass is 10.0. The molecule has 1 aliphatic heterocycles. The minimum Gasteiger partial charge on any atom is -0.494 e. The Hall–Kier alpha value is -1.33. The van der Waals surface area contributed by atoms with E-state index in [9.17, 15) is 9.18 Å². The number of hydrogen-bond donors (Lipinski definition) is 2. The van der Waals surface area contributed by atoms with Crippen LogP contribution in [0.3, 0.4) is 0 Å². The standard InChI is InChI=1S/C17H25FN2O2.ClH/c18-15-4-6-16(7-5-15)22-12-2-1-10-20-17(21)8-3-14-9-11-19-13-14;/h4-7,14,19H,1-3,8-13H2,(H,20,21);1H. The van der Waals surface area contributed by atoms with E-state index < -0.39 is 0 Å². The smallest absolute Gasteiger partial charge is 0.220 e. The van der Waals surface area contributed by atoms with Gasteiger partial charge in [-0.05, 0) is 69.0 Å². The summed E-state index contributed by atoms with van der Waals surface area (Å²) >= 11 is 0. The maximum Gasteiger partial charge on any atom is 0.220 e. The van der Waals surface area contributed by atoms with Gasteiger partial charge in [-0.2, -0.15) is 0 Å². The Morgan fingerprint density at radius 2 is 2.09 bits per heavy atom. The molecular formula is C17H26ClFN2O2. The molecule has 23 heavy (non-hydrogen) atoms. The number of hydrogen-bond acceptors (Lipinski definition) is 3. The predicted molar refractivity (Wildman–Crippen MR) is 91.6 cm³/mol. The van der Waals surface area contributed by atoms with Crippen LogP contribution in [0, 0.1) is 11.7 Å². The van der Waals surface area contributed by atoms with E-state index in [1.54, 1.807) is 12.1 Å². The van der Waals surface area contributed by atoms with E-state index in [2.05, 4.69) is 10.6 Å². The molecule has 0 saturated carbocycles. The molecule has 2 rings (SSSR count). The van der Waals surface area contributed by atoms with Gasteiger partial charge in [0, 0.05) is 13.0 Å². The normalized spacial score (nSPS) is 16.7. The Morgan fingerprint density at radius 3 is 2.78 bits per heavy atom. The highest BCUT2D eigenvalue weighted by Crippen LogP contribution is 2.14. The maximum atomic E-state index is 12.7. The van der Waals surface area contributed by atoms with E-state index in [1.807, 2.05) is 0 Å². The van der Waals surface area contributed by atoms with Crippen molar-refractivity contribution in [1.82, 2.24) is 10.6 Å². The van der Waals surface area contributed by atoms with Crippen LogP contribution in [0.1, 0.15) is 32.1 Å². The molecule has 1 aromatic carbocycles. The Labute approximate surface area is 143 Å². The van der Waals surface area contributed by atoms with Gasteiger partial charge in [0.05, 0.1) is 6.61 Å². The van der Waals surface area contributed by atoms with Gasteiger partial charge in [0.2, 0.25) is 5.91 Å². The van der Waals surface area contributed by atoms with Gasteiger partial charge in [0.25, 0.3) is 0 Å². The van der Waals surface area contributed by atoms with Crippen molar-refractivity contribution in [3.8, 4) is 5.75 Å². The van der Waals surface area contributed by atoms with Crippen LogP contribution in [0.2, 0.25) is 0 Å². The molecular weight excluding hydrogens is 319 g/mol. The summed E-state index contributed by atoms with van der Waals surface area (Å²) in [6, 6.07) is 6.01. The average Bonchev–Trinajstić information content (AvgIpc) is 3.04. The van der Waals surface area contributed by atoms with E-state index >= 15 is 0 Å². The average molecular weight is 345 g/mol. The van der Waals surface area contributed by atoms with Crippen LogP contribution in [0.4, 0.5) is 4.39 Å². The highest BCUT2D eigenvalue weighted by Gasteiger charge is 2.15. The molecule has 4 nitrogen and oxygen atoms in total. The molecule has 6 heteroatoms. The van der Waals surface area contributed by atoms with Crippen molar-refractivity contribution in [2.24, 2.45) is 5.92 Å². The van der Waals surface area contributed by atoms with Crippen LogP contribution in [-0.4, -0.2) is 32.1 Å². The first-order chi connectivity index (χ1) is 10.7. The molecule has 1 heterocycles. The number of benzene rings is 1. The Balaban J connectivity index is 0.00000264. The lowest BCUT2D eigenvalue weighted by Gasteiger charge is -2.09. The second-order valence-corrected chi connectivity index (χ2v) is 5.76. The van der Waals surface area contributed by atoms with Gasteiger partial charge in [0.15, 0.2) is 0 Å². The molecule has 0 aromatic heterocycles. The molecule has 130 valence electrons. The second-order valence-electron chi connectivity index (χ2n) is 5.76. The van der Waals surface area contributed by atoms with Gasteiger partial charge in [-0.25, -0.2) is 4.39 Å². The lowest BCUT2D eigenvalue weighted by Crippen LogP contribution is -2.25. The third-order valence-corrected chi connectivity index (χ3v) is 3.92. The number of carbonyl (C=O) groups is 1. The van der Waals surface area contributed by atoms with Crippen molar-refractivity contribution in [2.45, 2.75) is 32.1 Å². The molecule has 1 atom stereocenters. The van der Waals surface area contributed by atoms with Crippen LogP contribution in [0.25, 0.3) is 0 Å². The van der Waals surface area contributed by atoms with Crippen LogP contribution < -0.4 is 15.4 Å². The maximum absolute atomic E-state index is 12.7. The molecule has 1 aromatic rings. The first-order valence-electron chi connectivity index (χ1n) is 8.10. The predicted octanol–water partition coefficient (Wildman–Crippen LogP) is 2.91. The summed E-state index contributed by atoms with van der Waals surface area (Å²) in [5.74, 6) is 1.22. The minimum absolute atomic E-state index is 0. The molecule has 0 aliphatic carbocycles. The van der Waals surface area contributed by atoms with E-state index in [-0.39, 0.29) is 24.1 Å². The number of unbranched alkanes of at least 4 members (excludes halogenated alkanes) is 1. The van der Waals surface area contributed by atoms with Gasteiger partial charge in [-0.1, -0.05) is 0 Å². The van der Waals surface area contributed by atoms with Crippen LogP contribution in [0.5, 0.6) is 5.75 Å². The Kier molecular flexibility index (Phi) is 9.64. The fraction of sp³-hybridized carbons (Fsp3) is 0.588. The lowest BCUT2D eigenvalue weighted by molar-refractivity contribution is -0.121. The third kappa shape index (κ3) is 8.18. The van der Waals surface area contributed by atoms with Crippen LogP contribution in [0.15, 0.2) is 24.3 Å². The molecule has 0 spiro atoms. The summed E-state index contributed by atoms with van der Waals surface area (Å²) < 4.78 is 18.2. The minimum atomic E-state index is -0.261. The zero-order valence-electron chi connectivity index (χ0n) is 13.4. The molecule has 1 saturated heterocycles. The number of nitrogens with one attached hydrogen (secondary N) is 2. The van der Waals surface area contributed by atoms with Crippen LogP contribution in [-0.2, 0) is 4.79 Å². The molecule has 1 amide bonds. The Bertz CT molecular complexity index is 450. The monoisotopic (exact) mass is 344 g/mol. The van der Waals surface area contributed by atoms with E-state index in [0.717, 1.165) is 32.4 Å². The zero-order chi connectivity index (χ0) is 15.6. The number of rotatable bonds is 9. The van der Waals surface area contributed by atoms with Crippen molar-refractivity contribution >= 4 is 18.3 Å². The highest BCUT2D eigenvalue weighted by atomic mass is 35.5. The van der Waals surface area contributed by atoms with Crippen molar-refractivity contribution < 1.29 is 13.9 Å². The van der Waals surface area contributed by atoms with Gasteiger partial charge < -0.3 is 15.4 Å². The largest absolute Gasteiger partial charge is 0.494 e. The summed E-state index contributed by atoms with van der Waals surface area (Å²) in [5.41, 5.74) is 0. The quantitative estimate of drug-likeness (QED) is 0.677. The topological polar surface area (TPSA) is 50.4 Å². The number of amides is 1. The molecule has 2 N–H and O–H groups in total. The Morgan fingerprint density at radius 1 is 1.30 bits per heavy atom. The van der Waals surface area contributed by atoms with E-state index in [1.165, 1.54) is 18.6 Å². The summed E-state index contributed by atoms with van der Waals surface area (Å²) in [5, 5.41) is 6.26. The second kappa shape index (κ2) is 11.2. The van der Waals surface area contributed by atoms with E-state index in [0.29, 0.717) is 31.2 Å². The van der Waals surface area contributed by atoms with Gasteiger partial charge in [-0.15, -0.1) is 12.4 Å². The van der Waals surface area contributed by atoms with Gasteiger partial charge in [-0.3, -0.25) is 4.79 Å². The summed E-state index contributed by atoms with van der Waals surface area (Å²) in [7, 11) is 0. The number of halogens is 2. The summed E-state index contributed by atoms with van der Waals surface area (Å²) in [6.45, 7) is 3.40. The first kappa shape index (κ1) is 19.7. The highest BCUT2D eigenvalue weighted by molar-refractivity contribution is 5.85. The molecule has 1 fully saturated rings. The van der Waals surface area contributed by atoms with Crippen molar-refractivity contribution in [2.75, 3.05) is 26.2 Å². The van der Waals surface area contributed by atoms with Crippen molar-refractivity contribution in [3.05, 3.63) is 30.1 Å².